The Morgan fingerprint density at radius 1 is 2.00 bits per heavy atom. The summed E-state index contributed by atoms with van der Waals surface area (Å²) >= 11 is 0. The van der Waals surface area contributed by atoms with Crippen LogP contribution < -0.4 is 0 Å². The molecule has 4 nitrogen and oxygen atoms in total. The van der Waals surface area contributed by atoms with Crippen molar-refractivity contribution in [1.29, 1.82) is 0 Å². The highest BCUT2D eigenvalue weighted by Crippen LogP contribution is 2.26. The van der Waals surface area contributed by atoms with Crippen LogP contribution in [-0.4, -0.2) is 18.7 Å². The maximum absolute atomic E-state index is 8.40. The van der Waals surface area contributed by atoms with E-state index in [1.54, 1.807) is 6.08 Å². The summed E-state index contributed by atoms with van der Waals surface area (Å²) in [5, 5.41) is 3.68. The molecule has 0 spiro atoms. The molecule has 1 aliphatic rings. The Kier molecular flexibility index (Phi) is 3.24. The molecule has 0 amide bonds. The molecular formula is C9H15N3O. The summed E-state index contributed by atoms with van der Waals surface area (Å²) in [7, 11) is 0. The average Bonchev–Trinajstić information content (AvgIpc) is 2.45. The molecule has 1 aliphatic heterocycles. The van der Waals surface area contributed by atoms with Crippen LogP contribution in [0.25, 0.3) is 10.4 Å². The van der Waals surface area contributed by atoms with Crippen LogP contribution in [0.4, 0.5) is 0 Å². The number of ether oxygens (including phenoxy) is 1. The molecule has 72 valence electrons. The van der Waals surface area contributed by atoms with Crippen LogP contribution in [0, 0.1) is 5.92 Å². The molecule has 0 radical (unpaired) electrons. The van der Waals surface area contributed by atoms with E-state index in [0.29, 0.717) is 12.8 Å². The van der Waals surface area contributed by atoms with E-state index in [9.17, 15) is 0 Å². The van der Waals surface area contributed by atoms with Crippen LogP contribution in [0.2, 0.25) is 0 Å². The molecule has 4 heteroatoms. The van der Waals surface area contributed by atoms with Crippen LogP contribution in [0.1, 0.15) is 21.1 Å². The van der Waals surface area contributed by atoms with Gasteiger partial charge in [-0.1, -0.05) is 18.1 Å². The zero-order valence-electron chi connectivity index (χ0n) is 8.76. The maximum Gasteiger partial charge on any atom is 0.0689 e. The molecule has 1 saturated heterocycles. The molecule has 0 N–H and O–H groups in total. The second kappa shape index (κ2) is 4.90. The molecule has 0 aromatic carbocycles. The number of hydrogen-bond acceptors (Lipinski definition) is 2. The third-order valence-electron chi connectivity index (χ3n) is 2.27. The van der Waals surface area contributed by atoms with Crippen molar-refractivity contribution in [3.05, 3.63) is 23.1 Å². The van der Waals surface area contributed by atoms with Gasteiger partial charge in [0.2, 0.25) is 0 Å². The average molecular weight is 183 g/mol. The Balaban J connectivity index is 2.67. The zero-order valence-corrected chi connectivity index (χ0v) is 7.76. The predicted molar refractivity (Wildman–Crippen MR) is 51.3 cm³/mol. The van der Waals surface area contributed by atoms with Crippen LogP contribution in [0.3, 0.4) is 0 Å². The van der Waals surface area contributed by atoms with Gasteiger partial charge < -0.3 is 4.74 Å². The molecule has 1 heterocycles. The van der Waals surface area contributed by atoms with Crippen LogP contribution >= 0.6 is 0 Å². The third-order valence-corrected chi connectivity index (χ3v) is 2.27. The molecule has 0 unspecified atom stereocenters. The largest absolute Gasteiger partial charge is 0.377 e. The van der Waals surface area contributed by atoms with Gasteiger partial charge in [0.25, 0.3) is 0 Å². The highest BCUT2D eigenvalue weighted by molar-refractivity contribution is 4.89. The molecule has 0 saturated carbocycles. The Morgan fingerprint density at radius 2 is 2.77 bits per heavy atom. The van der Waals surface area contributed by atoms with E-state index >= 15 is 0 Å². The molecule has 0 bridgehead atoms. The monoisotopic (exact) mass is 183 g/mol. The van der Waals surface area contributed by atoms with Crippen molar-refractivity contribution in [3.8, 4) is 0 Å². The first-order chi connectivity index (χ1) is 6.69. The van der Waals surface area contributed by atoms with E-state index in [1.807, 2.05) is 6.92 Å². The predicted octanol–water partition coefficient (Wildman–Crippen LogP) is 2.67. The van der Waals surface area contributed by atoms with Gasteiger partial charge in [-0.15, -0.1) is 6.58 Å². The Hall–Kier alpha value is -0.990. The number of nitrogens with zero attached hydrogens (tertiary/aromatic N) is 3. The van der Waals surface area contributed by atoms with Gasteiger partial charge in [0, 0.05) is 11.5 Å². The van der Waals surface area contributed by atoms with Gasteiger partial charge in [0.15, 0.2) is 0 Å². The summed E-state index contributed by atoms with van der Waals surface area (Å²) < 4.78 is 12.9. The molecule has 0 aliphatic carbocycles. The lowest BCUT2D eigenvalue weighted by atomic mass is 9.96. The Labute approximate surface area is 79.6 Å². The van der Waals surface area contributed by atoms with Crippen molar-refractivity contribution < 1.29 is 6.11 Å². The summed E-state index contributed by atoms with van der Waals surface area (Å²) in [5.41, 5.74) is 8.40. The van der Waals surface area contributed by atoms with Gasteiger partial charge in [0.05, 0.1) is 13.5 Å². The zero-order chi connectivity index (χ0) is 10.6. The molecule has 0 aromatic heterocycles. The summed E-state index contributed by atoms with van der Waals surface area (Å²) in [6.45, 7) is 5.15. The quantitative estimate of drug-likeness (QED) is 0.286. The lowest BCUT2D eigenvalue weighted by Crippen LogP contribution is -2.27. The van der Waals surface area contributed by atoms with Gasteiger partial charge >= 0.3 is 0 Å². The summed E-state index contributed by atoms with van der Waals surface area (Å²) in [5.74, 6) is 0.271. The van der Waals surface area contributed by atoms with Gasteiger partial charge in [-0.2, -0.15) is 0 Å². The van der Waals surface area contributed by atoms with E-state index < -0.39 is 6.58 Å². The topological polar surface area (TPSA) is 58.0 Å². The highest BCUT2D eigenvalue weighted by atomic mass is 16.5. The van der Waals surface area contributed by atoms with Crippen molar-refractivity contribution in [2.45, 2.75) is 31.9 Å². The maximum atomic E-state index is 8.40. The Morgan fingerprint density at radius 3 is 3.23 bits per heavy atom. The lowest BCUT2D eigenvalue weighted by molar-refractivity contribution is 0.0735. The third kappa shape index (κ3) is 2.47. The van der Waals surface area contributed by atoms with E-state index in [0.717, 1.165) is 0 Å². The summed E-state index contributed by atoms with van der Waals surface area (Å²) in [6.07, 6.45) is 2.89. The highest BCUT2D eigenvalue weighted by Gasteiger charge is 2.30. The fourth-order valence-electron chi connectivity index (χ4n) is 1.54. The minimum Gasteiger partial charge on any atom is -0.377 e. The fourth-order valence-corrected chi connectivity index (χ4v) is 1.54. The van der Waals surface area contributed by atoms with E-state index in [2.05, 4.69) is 16.6 Å². The van der Waals surface area contributed by atoms with Gasteiger partial charge in [-0.05, 0) is 24.3 Å². The second-order valence-electron chi connectivity index (χ2n) is 3.28. The van der Waals surface area contributed by atoms with E-state index in [-0.39, 0.29) is 18.1 Å². The molecule has 1 fully saturated rings. The van der Waals surface area contributed by atoms with Gasteiger partial charge in [0.1, 0.15) is 0 Å². The van der Waals surface area contributed by atoms with Crippen LogP contribution in [0.15, 0.2) is 17.8 Å². The van der Waals surface area contributed by atoms with Crippen molar-refractivity contribution in [2.75, 3.05) is 6.58 Å². The van der Waals surface area contributed by atoms with Crippen molar-refractivity contribution in [3.63, 3.8) is 0 Å². The first kappa shape index (κ1) is 8.60. The molecule has 4 atom stereocenters. The summed E-state index contributed by atoms with van der Waals surface area (Å²) in [4.78, 5) is 2.79. The summed E-state index contributed by atoms with van der Waals surface area (Å²) in [6, 6.07) is -0.220. The minimum absolute atomic E-state index is 0.133. The standard InChI is InChI=1S/C9H15N3O/c1-3-4-8(11-12-10)9-7(2)5-6-13-9/h3,7-9H,1,4-6H2,2H3/t7-,8+,9-/m0/s1/i6T/t6-,7-,8+,9-. The lowest BCUT2D eigenvalue weighted by Gasteiger charge is -2.20. The molecule has 1 rings (SSSR count). The fraction of sp³-hybridized carbons (Fsp3) is 0.778. The van der Waals surface area contributed by atoms with Gasteiger partial charge in [-0.3, -0.25) is 0 Å². The first-order valence-electron chi connectivity index (χ1n) is 4.99. The van der Waals surface area contributed by atoms with E-state index in [4.69, 9.17) is 11.6 Å². The molecular weight excluding hydrogens is 166 g/mol. The second-order valence-corrected chi connectivity index (χ2v) is 3.28. The molecule has 13 heavy (non-hydrogen) atoms. The number of hydrogen-bond donors (Lipinski definition) is 0. The van der Waals surface area contributed by atoms with Crippen LogP contribution in [-0.2, 0) is 4.74 Å². The molecule has 0 aromatic rings. The smallest absolute Gasteiger partial charge is 0.0689 e. The van der Waals surface area contributed by atoms with Crippen LogP contribution in [0.5, 0.6) is 0 Å². The van der Waals surface area contributed by atoms with Gasteiger partial charge in [-0.25, -0.2) is 0 Å². The minimum atomic E-state index is -0.476. The Bertz CT molecular complexity index is 252. The number of rotatable bonds is 4. The van der Waals surface area contributed by atoms with Crippen molar-refractivity contribution in [1.82, 2.24) is 0 Å². The normalized spacial score (nSPS) is 36.1. The first-order valence-corrected chi connectivity index (χ1v) is 4.41. The van der Waals surface area contributed by atoms with Crippen molar-refractivity contribution in [2.24, 2.45) is 11.0 Å². The SMILES string of the molecule is [3H][C@H]1C[C@H](C)[C@@H]([C@@H](CC=C)N=[N+]=[N-])O1. The number of azide groups is 1. The van der Waals surface area contributed by atoms with Crippen molar-refractivity contribution >= 4 is 0 Å². The van der Waals surface area contributed by atoms with E-state index in [1.165, 1.54) is 0 Å².